The molecule has 1 aliphatic heterocycles. The van der Waals surface area contributed by atoms with Crippen molar-refractivity contribution in [3.05, 3.63) is 82.0 Å². The van der Waals surface area contributed by atoms with Gasteiger partial charge in [-0.05, 0) is 56.7 Å². The number of imide groups is 3. The maximum Gasteiger partial charge on any atom is 0.354 e. The van der Waals surface area contributed by atoms with Gasteiger partial charge in [-0.2, -0.15) is 10.0 Å². The molecule has 4 amide bonds. The van der Waals surface area contributed by atoms with E-state index in [4.69, 9.17) is 38.1 Å². The number of halogens is 2. The molecule has 0 saturated carbocycles. The number of benzene rings is 2. The van der Waals surface area contributed by atoms with Crippen LogP contribution < -0.4 is 5.73 Å². The van der Waals surface area contributed by atoms with Crippen molar-refractivity contribution < 1.29 is 28.3 Å². The molecule has 1 aromatic heterocycles. The fourth-order valence-electron chi connectivity index (χ4n) is 3.89. The van der Waals surface area contributed by atoms with E-state index in [0.29, 0.717) is 31.8 Å². The van der Waals surface area contributed by atoms with Crippen molar-refractivity contribution in [3.8, 4) is 11.3 Å². The van der Waals surface area contributed by atoms with Crippen molar-refractivity contribution in [1.82, 2.24) is 9.91 Å². The fourth-order valence-corrected chi connectivity index (χ4v) is 4.19. The Hall–Kier alpha value is -3.99. The molecular weight excluding hydrogens is 559 g/mol. The summed E-state index contributed by atoms with van der Waals surface area (Å²) in [6, 6.07) is 15.4. The predicted molar refractivity (Wildman–Crippen MR) is 148 cm³/mol. The molecule has 0 radical (unpaired) electrons. The van der Waals surface area contributed by atoms with Crippen LogP contribution in [0.1, 0.15) is 38.5 Å². The maximum atomic E-state index is 13.2. The van der Waals surface area contributed by atoms with Crippen molar-refractivity contribution >= 4 is 53.2 Å². The molecule has 12 heteroatoms. The molecule has 1 aliphatic rings. The average Bonchev–Trinajstić information content (AvgIpc) is 3.47. The topological polar surface area (TPSA) is 136 Å². The Balaban J connectivity index is 1.50. The predicted octanol–water partition coefficient (Wildman–Crippen LogP) is 4.96. The summed E-state index contributed by atoms with van der Waals surface area (Å²) in [5.74, 6) is -1.90. The Morgan fingerprint density at radius 3 is 2.40 bits per heavy atom. The molecule has 0 bridgehead atoms. The Kier molecular flexibility index (Phi) is 8.15. The van der Waals surface area contributed by atoms with Crippen LogP contribution in [0.5, 0.6) is 0 Å². The number of furan rings is 1. The second-order valence-electron chi connectivity index (χ2n) is 10.1. The lowest BCUT2D eigenvalue weighted by molar-refractivity contribution is -0.164. The van der Waals surface area contributed by atoms with E-state index in [1.54, 1.807) is 81.4 Å². The van der Waals surface area contributed by atoms with Gasteiger partial charge in [0.05, 0.1) is 22.7 Å². The molecule has 1 saturated heterocycles. The summed E-state index contributed by atoms with van der Waals surface area (Å²) in [7, 11) is 0. The number of hydrogen-bond acceptors (Lipinski definition) is 8. The van der Waals surface area contributed by atoms with Crippen LogP contribution in [0.15, 0.2) is 70.2 Å². The van der Waals surface area contributed by atoms with E-state index in [1.807, 2.05) is 0 Å². The van der Waals surface area contributed by atoms with Crippen LogP contribution in [0, 0.1) is 0 Å². The number of hydrogen-bond donors (Lipinski definition) is 1. The average molecular weight is 585 g/mol. The molecular formula is C28H26Cl2N4O6. The number of amides is 4. The summed E-state index contributed by atoms with van der Waals surface area (Å²) < 4.78 is 11.2. The fraction of sp³-hybridized carbons (Fsp3) is 0.250. The molecule has 2 heterocycles. The zero-order chi connectivity index (χ0) is 29.2. The number of rotatable bonds is 7. The molecule has 2 aromatic carbocycles. The third kappa shape index (κ3) is 6.25. The molecule has 208 valence electrons. The number of urea groups is 1. The lowest BCUT2D eigenvalue weighted by Crippen LogP contribution is -2.52. The SMILES string of the molecule is CC(C)(C)OC(=O)C(N)(CC(=O)N1C(=O)CN(N=Cc2ccc(-c3ccc(Cl)c(Cl)c3)o2)C1=O)c1ccccc1. The van der Waals surface area contributed by atoms with Gasteiger partial charge < -0.3 is 14.9 Å². The summed E-state index contributed by atoms with van der Waals surface area (Å²) in [5.41, 5.74) is 4.58. The highest BCUT2D eigenvalue weighted by Gasteiger charge is 2.47. The van der Waals surface area contributed by atoms with Gasteiger partial charge in [0, 0.05) is 5.56 Å². The molecule has 1 unspecified atom stereocenters. The number of hydrazone groups is 1. The quantitative estimate of drug-likeness (QED) is 0.235. The molecule has 3 aromatic rings. The van der Waals surface area contributed by atoms with Crippen molar-refractivity contribution in [1.29, 1.82) is 0 Å². The van der Waals surface area contributed by atoms with Crippen LogP contribution in [0.3, 0.4) is 0 Å². The highest BCUT2D eigenvalue weighted by molar-refractivity contribution is 6.42. The first-order chi connectivity index (χ1) is 18.8. The number of carbonyl (C=O) groups excluding carboxylic acids is 4. The van der Waals surface area contributed by atoms with Crippen LogP contribution in [0.4, 0.5) is 4.79 Å². The van der Waals surface area contributed by atoms with E-state index < -0.39 is 47.9 Å². The van der Waals surface area contributed by atoms with Crippen molar-refractivity contribution in [2.75, 3.05) is 6.54 Å². The normalized spacial score (nSPS) is 15.6. The smallest absolute Gasteiger partial charge is 0.354 e. The summed E-state index contributed by atoms with van der Waals surface area (Å²) in [6.45, 7) is 4.49. The summed E-state index contributed by atoms with van der Waals surface area (Å²) in [5, 5.41) is 5.59. The van der Waals surface area contributed by atoms with Gasteiger partial charge in [-0.15, -0.1) is 0 Å². The van der Waals surface area contributed by atoms with E-state index in [1.165, 1.54) is 6.21 Å². The van der Waals surface area contributed by atoms with Gasteiger partial charge in [-0.1, -0.05) is 53.5 Å². The van der Waals surface area contributed by atoms with Crippen molar-refractivity contribution in [2.24, 2.45) is 10.8 Å². The molecule has 40 heavy (non-hydrogen) atoms. The van der Waals surface area contributed by atoms with Crippen LogP contribution in [0.2, 0.25) is 10.0 Å². The van der Waals surface area contributed by atoms with Gasteiger partial charge in [-0.3, -0.25) is 9.59 Å². The number of nitrogens with zero attached hydrogens (tertiary/aromatic N) is 3. The number of esters is 1. The molecule has 4 rings (SSSR count). The summed E-state index contributed by atoms with van der Waals surface area (Å²) >= 11 is 12.0. The second kappa shape index (κ2) is 11.2. The molecule has 10 nitrogen and oxygen atoms in total. The Morgan fingerprint density at radius 1 is 1.05 bits per heavy atom. The van der Waals surface area contributed by atoms with E-state index in [-0.39, 0.29) is 5.76 Å². The van der Waals surface area contributed by atoms with Crippen molar-refractivity contribution in [3.63, 3.8) is 0 Å². The minimum Gasteiger partial charge on any atom is -0.458 e. The first kappa shape index (κ1) is 29.0. The molecule has 2 N–H and O–H groups in total. The van der Waals surface area contributed by atoms with Gasteiger partial charge in [0.15, 0.2) is 0 Å². The van der Waals surface area contributed by atoms with E-state index in [0.717, 1.165) is 5.01 Å². The Morgan fingerprint density at radius 2 is 1.75 bits per heavy atom. The first-order valence-corrected chi connectivity index (χ1v) is 12.9. The minimum atomic E-state index is -1.95. The van der Waals surface area contributed by atoms with Gasteiger partial charge in [0.25, 0.3) is 5.91 Å². The molecule has 1 atom stereocenters. The van der Waals surface area contributed by atoms with E-state index >= 15 is 0 Å². The Bertz CT molecular complexity index is 1500. The third-order valence-corrected chi connectivity index (χ3v) is 6.57. The standard InChI is InChI=1S/C28H26Cl2N4O6/c1-27(2,3)40-25(37)28(31,18-7-5-4-6-8-18)14-23(35)34-24(36)16-33(26(34)38)32-15-19-10-12-22(39-19)17-9-11-20(29)21(30)13-17/h4-13,15H,14,16,31H2,1-3H3. The van der Waals surface area contributed by atoms with Crippen LogP contribution in [-0.2, 0) is 24.7 Å². The van der Waals surface area contributed by atoms with Crippen LogP contribution in [-0.4, -0.2) is 52.1 Å². The maximum absolute atomic E-state index is 13.2. The minimum absolute atomic E-state index is 0.279. The zero-order valence-corrected chi connectivity index (χ0v) is 23.4. The Labute approximate surface area is 240 Å². The first-order valence-electron chi connectivity index (χ1n) is 12.1. The van der Waals surface area contributed by atoms with Crippen molar-refractivity contribution in [2.45, 2.75) is 38.3 Å². The number of nitrogens with two attached hydrogens (primary N) is 1. The highest BCUT2D eigenvalue weighted by Crippen LogP contribution is 2.30. The summed E-state index contributed by atoms with van der Waals surface area (Å²) in [6.07, 6.45) is 0.546. The largest absolute Gasteiger partial charge is 0.458 e. The van der Waals surface area contributed by atoms with Crippen LogP contribution in [0.25, 0.3) is 11.3 Å². The zero-order valence-electron chi connectivity index (χ0n) is 21.9. The van der Waals surface area contributed by atoms with E-state index in [9.17, 15) is 19.2 Å². The van der Waals surface area contributed by atoms with E-state index in [2.05, 4.69) is 5.10 Å². The number of ether oxygens (including phenoxy) is 1. The molecule has 0 aliphatic carbocycles. The second-order valence-corrected chi connectivity index (χ2v) is 10.9. The third-order valence-electron chi connectivity index (χ3n) is 5.83. The number of carbonyl (C=O) groups is 4. The summed E-state index contributed by atoms with van der Waals surface area (Å²) in [4.78, 5) is 52.4. The molecule has 1 fully saturated rings. The lowest BCUT2D eigenvalue weighted by atomic mass is 9.87. The van der Waals surface area contributed by atoms with Crippen LogP contribution >= 0.6 is 23.2 Å². The van der Waals surface area contributed by atoms with Gasteiger partial charge in [0.2, 0.25) is 5.91 Å². The van der Waals surface area contributed by atoms with Gasteiger partial charge >= 0.3 is 12.0 Å². The monoisotopic (exact) mass is 584 g/mol. The lowest BCUT2D eigenvalue weighted by Gasteiger charge is -2.31. The molecule has 0 spiro atoms. The highest BCUT2D eigenvalue weighted by atomic mass is 35.5. The van der Waals surface area contributed by atoms with Gasteiger partial charge in [-0.25, -0.2) is 14.6 Å². The van der Waals surface area contributed by atoms with Gasteiger partial charge in [0.1, 0.15) is 29.2 Å².